The van der Waals surface area contributed by atoms with E-state index in [2.05, 4.69) is 5.32 Å². The van der Waals surface area contributed by atoms with E-state index in [-0.39, 0.29) is 18.9 Å². The van der Waals surface area contributed by atoms with Gasteiger partial charge in [0.05, 0.1) is 12.1 Å². The first-order chi connectivity index (χ1) is 7.60. The van der Waals surface area contributed by atoms with Gasteiger partial charge in [0.2, 0.25) is 0 Å². The number of hydrogen-bond acceptors (Lipinski definition) is 4. The normalized spacial score (nSPS) is 19.3. The quantitative estimate of drug-likeness (QED) is 0.696. The first kappa shape index (κ1) is 13.1. The Morgan fingerprint density at radius 1 is 1.31 bits per heavy atom. The molecule has 1 saturated carbocycles. The Hall–Kier alpha value is -0.940. The average molecular weight is 229 g/mol. The van der Waals surface area contributed by atoms with Crippen LogP contribution in [0, 0.1) is 0 Å². The van der Waals surface area contributed by atoms with Crippen molar-refractivity contribution >= 4 is 11.8 Å². The highest BCUT2D eigenvalue weighted by molar-refractivity contribution is 5.90. The van der Waals surface area contributed by atoms with Gasteiger partial charge in [-0.25, -0.2) is 0 Å². The fraction of sp³-hybridized carbons (Fsp3) is 0.818. The molecule has 5 heteroatoms. The molecular weight excluding hydrogens is 210 g/mol. The summed E-state index contributed by atoms with van der Waals surface area (Å²) in [6, 6.07) is 0. The molecule has 1 aliphatic carbocycles. The molecule has 0 atom stereocenters. The SMILES string of the molecule is COCC(=O)C1(NCC(=O)O)CCCCC1. The van der Waals surface area contributed by atoms with Crippen molar-refractivity contribution in [2.24, 2.45) is 0 Å². The van der Waals surface area contributed by atoms with E-state index in [1.807, 2.05) is 0 Å². The maximum absolute atomic E-state index is 12.0. The summed E-state index contributed by atoms with van der Waals surface area (Å²) in [4.78, 5) is 22.5. The third-order valence-electron chi connectivity index (χ3n) is 3.09. The molecule has 0 unspecified atom stereocenters. The highest BCUT2D eigenvalue weighted by atomic mass is 16.5. The smallest absolute Gasteiger partial charge is 0.317 e. The Kier molecular flexibility index (Phi) is 4.89. The minimum Gasteiger partial charge on any atom is -0.480 e. The van der Waals surface area contributed by atoms with Crippen molar-refractivity contribution in [1.82, 2.24) is 5.32 Å². The van der Waals surface area contributed by atoms with Crippen molar-refractivity contribution in [3.63, 3.8) is 0 Å². The zero-order valence-electron chi connectivity index (χ0n) is 9.62. The van der Waals surface area contributed by atoms with Crippen LogP contribution < -0.4 is 5.32 Å². The molecule has 0 spiro atoms. The molecule has 0 radical (unpaired) electrons. The van der Waals surface area contributed by atoms with Gasteiger partial charge >= 0.3 is 5.97 Å². The van der Waals surface area contributed by atoms with Gasteiger partial charge in [0, 0.05) is 7.11 Å². The van der Waals surface area contributed by atoms with Crippen molar-refractivity contribution < 1.29 is 19.4 Å². The second-order valence-corrected chi connectivity index (χ2v) is 4.25. The lowest BCUT2D eigenvalue weighted by molar-refractivity contribution is -0.137. The number of carbonyl (C=O) groups excluding carboxylic acids is 1. The fourth-order valence-corrected chi connectivity index (χ4v) is 2.22. The van der Waals surface area contributed by atoms with E-state index in [0.717, 1.165) is 19.3 Å². The first-order valence-corrected chi connectivity index (χ1v) is 5.60. The van der Waals surface area contributed by atoms with Crippen LogP contribution in [0.5, 0.6) is 0 Å². The topological polar surface area (TPSA) is 75.6 Å². The number of carboxylic acids is 1. The van der Waals surface area contributed by atoms with Crippen LogP contribution in [0.4, 0.5) is 0 Å². The van der Waals surface area contributed by atoms with Crippen LogP contribution in [-0.2, 0) is 14.3 Å². The van der Waals surface area contributed by atoms with Crippen LogP contribution >= 0.6 is 0 Å². The minimum absolute atomic E-state index is 0.0315. The van der Waals surface area contributed by atoms with Crippen LogP contribution in [0.3, 0.4) is 0 Å². The zero-order chi connectivity index (χ0) is 12.0. The van der Waals surface area contributed by atoms with Gasteiger partial charge in [-0.2, -0.15) is 0 Å². The molecule has 16 heavy (non-hydrogen) atoms. The highest BCUT2D eigenvalue weighted by Gasteiger charge is 2.38. The predicted molar refractivity (Wildman–Crippen MR) is 58.3 cm³/mol. The largest absolute Gasteiger partial charge is 0.480 e. The fourth-order valence-electron chi connectivity index (χ4n) is 2.22. The Bertz CT molecular complexity index is 259. The molecule has 1 fully saturated rings. The summed E-state index contributed by atoms with van der Waals surface area (Å²) in [6.07, 6.45) is 4.45. The van der Waals surface area contributed by atoms with Gasteiger partial charge in [-0.15, -0.1) is 0 Å². The molecule has 0 aromatic heterocycles. The molecule has 1 aliphatic rings. The number of carbonyl (C=O) groups is 2. The van der Waals surface area contributed by atoms with Crippen molar-refractivity contribution in [3.05, 3.63) is 0 Å². The Balaban J connectivity index is 2.66. The molecule has 0 aromatic carbocycles. The molecule has 0 saturated heterocycles. The Morgan fingerprint density at radius 3 is 2.44 bits per heavy atom. The standard InChI is InChI=1S/C11H19NO4/c1-16-8-9(13)11(12-7-10(14)15)5-3-2-4-6-11/h12H,2-8H2,1H3,(H,14,15). The number of ketones is 1. The third kappa shape index (κ3) is 3.28. The minimum atomic E-state index is -0.935. The number of hydrogen-bond donors (Lipinski definition) is 2. The summed E-state index contributed by atoms with van der Waals surface area (Å²) >= 11 is 0. The lowest BCUT2D eigenvalue weighted by Crippen LogP contribution is -2.55. The van der Waals surface area contributed by atoms with Gasteiger partial charge in [0.25, 0.3) is 0 Å². The average Bonchev–Trinajstić information content (AvgIpc) is 2.28. The van der Waals surface area contributed by atoms with E-state index < -0.39 is 11.5 Å². The number of rotatable bonds is 6. The lowest BCUT2D eigenvalue weighted by atomic mass is 9.78. The van der Waals surface area contributed by atoms with Gasteiger partial charge in [-0.1, -0.05) is 19.3 Å². The van der Waals surface area contributed by atoms with Crippen molar-refractivity contribution in [2.75, 3.05) is 20.3 Å². The molecule has 2 N–H and O–H groups in total. The number of aliphatic carboxylic acids is 1. The summed E-state index contributed by atoms with van der Waals surface area (Å²) < 4.78 is 4.85. The summed E-state index contributed by atoms with van der Waals surface area (Å²) in [6.45, 7) is -0.123. The van der Waals surface area contributed by atoms with E-state index >= 15 is 0 Å². The molecule has 92 valence electrons. The van der Waals surface area contributed by atoms with Crippen molar-refractivity contribution in [3.8, 4) is 0 Å². The molecular formula is C11H19NO4. The second kappa shape index (κ2) is 5.96. The molecule has 0 aromatic rings. The molecule has 5 nitrogen and oxygen atoms in total. The van der Waals surface area contributed by atoms with E-state index in [0.29, 0.717) is 12.8 Å². The van der Waals surface area contributed by atoms with Crippen molar-refractivity contribution in [1.29, 1.82) is 0 Å². The van der Waals surface area contributed by atoms with Crippen LogP contribution in [-0.4, -0.2) is 42.7 Å². The van der Waals surface area contributed by atoms with E-state index in [1.165, 1.54) is 7.11 Å². The number of Topliss-reactive ketones (excluding diaryl/α,β-unsaturated/α-hetero) is 1. The summed E-state index contributed by atoms with van der Waals surface area (Å²) in [5, 5.41) is 11.6. The number of nitrogens with one attached hydrogen (secondary N) is 1. The zero-order valence-corrected chi connectivity index (χ0v) is 9.62. The van der Waals surface area contributed by atoms with E-state index in [4.69, 9.17) is 9.84 Å². The molecule has 0 bridgehead atoms. The molecule has 0 heterocycles. The maximum atomic E-state index is 12.0. The third-order valence-corrected chi connectivity index (χ3v) is 3.09. The van der Waals surface area contributed by atoms with Gasteiger partial charge in [0.1, 0.15) is 6.61 Å². The second-order valence-electron chi connectivity index (χ2n) is 4.25. The monoisotopic (exact) mass is 229 g/mol. The van der Waals surface area contributed by atoms with Crippen LogP contribution in [0.2, 0.25) is 0 Å². The number of ether oxygens (including phenoxy) is 1. The Labute approximate surface area is 95.2 Å². The van der Waals surface area contributed by atoms with Crippen LogP contribution in [0.1, 0.15) is 32.1 Å². The first-order valence-electron chi connectivity index (χ1n) is 5.60. The van der Waals surface area contributed by atoms with Crippen LogP contribution in [0.25, 0.3) is 0 Å². The highest BCUT2D eigenvalue weighted by Crippen LogP contribution is 2.29. The number of methoxy groups -OCH3 is 1. The van der Waals surface area contributed by atoms with E-state index in [9.17, 15) is 9.59 Å². The molecule has 0 aliphatic heterocycles. The van der Waals surface area contributed by atoms with E-state index in [1.54, 1.807) is 0 Å². The van der Waals surface area contributed by atoms with Gasteiger partial charge in [-0.05, 0) is 12.8 Å². The van der Waals surface area contributed by atoms with Crippen molar-refractivity contribution in [2.45, 2.75) is 37.6 Å². The predicted octanol–water partition coefficient (Wildman–Crippen LogP) is 0.579. The lowest BCUT2D eigenvalue weighted by Gasteiger charge is -2.36. The van der Waals surface area contributed by atoms with Crippen LogP contribution in [0.15, 0.2) is 0 Å². The van der Waals surface area contributed by atoms with Gasteiger partial charge in [-0.3, -0.25) is 14.9 Å². The maximum Gasteiger partial charge on any atom is 0.317 e. The van der Waals surface area contributed by atoms with Gasteiger partial charge < -0.3 is 9.84 Å². The Morgan fingerprint density at radius 2 is 1.94 bits per heavy atom. The molecule has 1 rings (SSSR count). The summed E-state index contributed by atoms with van der Waals surface area (Å²) in [7, 11) is 1.48. The summed E-state index contributed by atoms with van der Waals surface area (Å²) in [5.74, 6) is -0.967. The number of carboxylic acid groups (broad SMARTS) is 1. The summed E-state index contributed by atoms with van der Waals surface area (Å²) in [5.41, 5.74) is -0.674. The molecule has 0 amide bonds. The van der Waals surface area contributed by atoms with Gasteiger partial charge in [0.15, 0.2) is 5.78 Å².